The Hall–Kier alpha value is -2.84. The van der Waals surface area contributed by atoms with Gasteiger partial charge in [0.2, 0.25) is 0 Å². The molecule has 0 atom stereocenters. The van der Waals surface area contributed by atoms with Gasteiger partial charge in [-0.2, -0.15) is 0 Å². The number of carbonyl (C=O) groups excluding carboxylic acids is 2. The van der Waals surface area contributed by atoms with Crippen LogP contribution in [0, 0.1) is 13.8 Å². The second-order valence-electron chi connectivity index (χ2n) is 6.63. The number of amides is 4. The quantitative estimate of drug-likeness (QED) is 0.289. The third-order valence-corrected chi connectivity index (χ3v) is 6.03. The van der Waals surface area contributed by atoms with Crippen LogP contribution in [0.3, 0.4) is 0 Å². The molecular formula is C22H20Br2N4O2. The summed E-state index contributed by atoms with van der Waals surface area (Å²) in [6.07, 6.45) is 0. The number of para-hydroxylation sites is 2. The number of hydrogen-bond acceptors (Lipinski definition) is 2. The van der Waals surface area contributed by atoms with Crippen molar-refractivity contribution in [2.24, 2.45) is 0 Å². The van der Waals surface area contributed by atoms with E-state index in [9.17, 15) is 9.59 Å². The summed E-state index contributed by atoms with van der Waals surface area (Å²) in [4.78, 5) is 24.8. The van der Waals surface area contributed by atoms with Crippen molar-refractivity contribution in [2.75, 3.05) is 21.3 Å². The van der Waals surface area contributed by atoms with Gasteiger partial charge in [0, 0.05) is 20.3 Å². The largest absolute Gasteiger partial charge is 0.323 e. The highest BCUT2D eigenvalue weighted by molar-refractivity contribution is 9.10. The fourth-order valence-corrected chi connectivity index (χ4v) is 3.21. The summed E-state index contributed by atoms with van der Waals surface area (Å²) >= 11 is 6.87. The third kappa shape index (κ3) is 5.84. The van der Waals surface area contributed by atoms with Gasteiger partial charge in [0.05, 0.1) is 11.4 Å². The molecule has 0 saturated heterocycles. The molecule has 6 nitrogen and oxygen atoms in total. The summed E-state index contributed by atoms with van der Waals surface area (Å²) < 4.78 is 1.94. The second-order valence-corrected chi connectivity index (χ2v) is 8.34. The zero-order chi connectivity index (χ0) is 21.7. The van der Waals surface area contributed by atoms with E-state index in [0.717, 1.165) is 20.1 Å². The molecule has 3 rings (SSSR count). The van der Waals surface area contributed by atoms with Crippen molar-refractivity contribution in [1.82, 2.24) is 0 Å². The van der Waals surface area contributed by atoms with Crippen LogP contribution in [0.5, 0.6) is 0 Å². The van der Waals surface area contributed by atoms with Gasteiger partial charge in [-0.3, -0.25) is 0 Å². The van der Waals surface area contributed by atoms with Gasteiger partial charge in [-0.25, -0.2) is 9.59 Å². The highest BCUT2D eigenvalue weighted by Gasteiger charge is 2.10. The highest BCUT2D eigenvalue weighted by atomic mass is 79.9. The molecule has 0 radical (unpaired) electrons. The normalized spacial score (nSPS) is 10.3. The van der Waals surface area contributed by atoms with Crippen molar-refractivity contribution in [1.29, 1.82) is 0 Å². The van der Waals surface area contributed by atoms with Crippen LogP contribution in [-0.4, -0.2) is 12.1 Å². The molecule has 30 heavy (non-hydrogen) atoms. The molecule has 0 bridgehead atoms. The van der Waals surface area contributed by atoms with Crippen molar-refractivity contribution in [3.05, 3.63) is 80.7 Å². The maximum atomic E-state index is 12.4. The molecule has 0 heterocycles. The number of benzene rings is 3. The zero-order valence-electron chi connectivity index (χ0n) is 16.3. The first-order chi connectivity index (χ1) is 14.3. The number of urea groups is 2. The van der Waals surface area contributed by atoms with Gasteiger partial charge >= 0.3 is 12.1 Å². The molecule has 0 aromatic heterocycles. The Morgan fingerprint density at radius 2 is 1.03 bits per heavy atom. The molecule has 0 unspecified atom stereocenters. The summed E-state index contributed by atoms with van der Waals surface area (Å²) in [6, 6.07) is 17.2. The van der Waals surface area contributed by atoms with Crippen molar-refractivity contribution >= 4 is 66.7 Å². The fourth-order valence-electron chi connectivity index (χ4n) is 2.72. The molecule has 0 aliphatic rings. The lowest BCUT2D eigenvalue weighted by Gasteiger charge is -2.14. The second kappa shape index (κ2) is 9.77. The van der Waals surface area contributed by atoms with E-state index in [1.807, 2.05) is 38.1 Å². The van der Waals surface area contributed by atoms with E-state index >= 15 is 0 Å². The lowest BCUT2D eigenvalue weighted by atomic mass is 10.2. The molecule has 3 aromatic rings. The van der Waals surface area contributed by atoms with E-state index in [1.54, 1.807) is 36.4 Å². The molecule has 3 aromatic carbocycles. The molecule has 0 fully saturated rings. The standard InChI is InChI=1S/C22H20Br2N4O2/c1-13-11-15(7-9-17(13)23)25-21(29)27-19-5-3-4-6-20(19)28-22(30)26-16-8-10-18(24)14(2)12-16/h3-12H,1-2H3,(H2,25,27,29)(H2,26,28,30). The van der Waals surface area contributed by atoms with Gasteiger partial charge in [0.25, 0.3) is 0 Å². The summed E-state index contributed by atoms with van der Waals surface area (Å²) in [7, 11) is 0. The molecule has 4 N–H and O–H groups in total. The third-order valence-electron chi connectivity index (χ3n) is 4.26. The molecular weight excluding hydrogens is 512 g/mol. The van der Waals surface area contributed by atoms with Crippen LogP contribution in [0.1, 0.15) is 11.1 Å². The van der Waals surface area contributed by atoms with Crippen molar-refractivity contribution in [2.45, 2.75) is 13.8 Å². The van der Waals surface area contributed by atoms with Gasteiger partial charge in [0.1, 0.15) is 0 Å². The number of nitrogens with one attached hydrogen (secondary N) is 4. The predicted octanol–water partition coefficient (Wildman–Crippen LogP) is 7.12. The minimum atomic E-state index is -0.407. The molecule has 0 aliphatic carbocycles. The predicted molar refractivity (Wildman–Crippen MR) is 129 cm³/mol. The van der Waals surface area contributed by atoms with Crippen LogP contribution in [0.15, 0.2) is 69.6 Å². The average Bonchev–Trinajstić information content (AvgIpc) is 2.69. The number of halogens is 2. The summed E-state index contributed by atoms with van der Waals surface area (Å²) in [5, 5.41) is 11.1. The Labute approximate surface area is 191 Å². The van der Waals surface area contributed by atoms with Crippen LogP contribution in [0.2, 0.25) is 0 Å². The lowest BCUT2D eigenvalue weighted by Crippen LogP contribution is -2.23. The maximum Gasteiger partial charge on any atom is 0.323 e. The number of anilines is 4. The summed E-state index contributed by atoms with van der Waals surface area (Å²) in [5.41, 5.74) is 4.31. The number of aryl methyl sites for hydroxylation is 2. The number of rotatable bonds is 4. The van der Waals surface area contributed by atoms with Gasteiger partial charge in [-0.05, 0) is 73.5 Å². The molecule has 8 heteroatoms. The number of hydrogen-bond donors (Lipinski definition) is 4. The van der Waals surface area contributed by atoms with Gasteiger partial charge in [-0.1, -0.05) is 44.0 Å². The first-order valence-electron chi connectivity index (χ1n) is 9.09. The van der Waals surface area contributed by atoms with E-state index < -0.39 is 12.1 Å². The maximum absolute atomic E-state index is 12.4. The Bertz CT molecular complexity index is 1020. The number of carbonyl (C=O) groups is 2. The first-order valence-corrected chi connectivity index (χ1v) is 10.7. The van der Waals surface area contributed by atoms with E-state index in [4.69, 9.17) is 0 Å². The molecule has 4 amide bonds. The van der Waals surface area contributed by atoms with Crippen LogP contribution in [0.25, 0.3) is 0 Å². The van der Waals surface area contributed by atoms with E-state index in [2.05, 4.69) is 53.1 Å². The van der Waals surface area contributed by atoms with Crippen molar-refractivity contribution in [3.63, 3.8) is 0 Å². The smallest absolute Gasteiger partial charge is 0.308 e. The van der Waals surface area contributed by atoms with Gasteiger partial charge in [-0.15, -0.1) is 0 Å². The van der Waals surface area contributed by atoms with E-state index in [1.165, 1.54) is 0 Å². The van der Waals surface area contributed by atoms with Crippen molar-refractivity contribution in [3.8, 4) is 0 Å². The minimum Gasteiger partial charge on any atom is -0.308 e. The molecule has 154 valence electrons. The lowest BCUT2D eigenvalue weighted by molar-refractivity contribution is 0.261. The van der Waals surface area contributed by atoms with E-state index in [0.29, 0.717) is 22.7 Å². The summed E-state index contributed by atoms with van der Waals surface area (Å²) in [5.74, 6) is 0. The van der Waals surface area contributed by atoms with Crippen LogP contribution >= 0.6 is 31.9 Å². The molecule has 0 saturated carbocycles. The Morgan fingerprint density at radius 1 is 0.633 bits per heavy atom. The summed E-state index contributed by atoms with van der Waals surface area (Å²) in [6.45, 7) is 3.88. The fraction of sp³-hybridized carbons (Fsp3) is 0.0909. The van der Waals surface area contributed by atoms with Crippen LogP contribution in [0.4, 0.5) is 32.3 Å². The van der Waals surface area contributed by atoms with Crippen molar-refractivity contribution < 1.29 is 9.59 Å². The average molecular weight is 532 g/mol. The molecule has 0 spiro atoms. The van der Waals surface area contributed by atoms with Crippen LogP contribution in [-0.2, 0) is 0 Å². The zero-order valence-corrected chi connectivity index (χ0v) is 19.5. The Balaban J connectivity index is 1.66. The Morgan fingerprint density at radius 3 is 1.40 bits per heavy atom. The topological polar surface area (TPSA) is 82.3 Å². The van der Waals surface area contributed by atoms with Gasteiger partial charge < -0.3 is 21.3 Å². The first kappa shape index (κ1) is 21.9. The monoisotopic (exact) mass is 530 g/mol. The highest BCUT2D eigenvalue weighted by Crippen LogP contribution is 2.24. The van der Waals surface area contributed by atoms with E-state index in [-0.39, 0.29) is 0 Å². The minimum absolute atomic E-state index is 0.407. The molecule has 0 aliphatic heterocycles. The van der Waals surface area contributed by atoms with Crippen LogP contribution < -0.4 is 21.3 Å². The SMILES string of the molecule is Cc1cc(NC(=O)Nc2ccccc2NC(=O)Nc2ccc(Br)c(C)c2)ccc1Br. The van der Waals surface area contributed by atoms with Gasteiger partial charge in [0.15, 0.2) is 0 Å². The Kier molecular flexibility index (Phi) is 7.12.